The molecule has 0 fully saturated rings. The van der Waals surface area contributed by atoms with E-state index in [1.807, 2.05) is 0 Å². The van der Waals surface area contributed by atoms with Crippen molar-refractivity contribution in [2.45, 2.75) is 0 Å². The summed E-state index contributed by atoms with van der Waals surface area (Å²) < 4.78 is 0. The molecule has 7 nitrogen and oxygen atoms in total. The Kier molecular flexibility index (Phi) is 4.28. The van der Waals surface area contributed by atoms with Gasteiger partial charge in [0.2, 0.25) is 0 Å². The minimum atomic E-state index is -0.770. The summed E-state index contributed by atoms with van der Waals surface area (Å²) in [5.74, 6) is 0. The van der Waals surface area contributed by atoms with Crippen LogP contribution in [0.2, 0.25) is 10.0 Å². The summed E-state index contributed by atoms with van der Waals surface area (Å²) >= 11 is 11.8. The second-order valence-electron chi connectivity index (χ2n) is 4.41. The molecule has 0 atom stereocenters. The highest BCUT2D eigenvalue weighted by Gasteiger charge is 2.30. The fraction of sp³-hybridized carbons (Fsp3) is 0. The Hall–Kier alpha value is -3.00. The van der Waals surface area contributed by atoms with Crippen molar-refractivity contribution in [1.29, 1.82) is 10.5 Å². The van der Waals surface area contributed by atoms with Crippen LogP contribution < -0.4 is 11.5 Å². The Labute approximate surface area is 140 Å². The van der Waals surface area contributed by atoms with E-state index in [1.54, 1.807) is 12.1 Å². The van der Waals surface area contributed by atoms with Gasteiger partial charge in [-0.25, -0.2) is 0 Å². The zero-order valence-electron chi connectivity index (χ0n) is 11.3. The predicted octanol–water partition coefficient (Wildman–Crippen LogP) is 3.48. The number of nitrogens with two attached hydrogens (primary N) is 2. The molecule has 0 radical (unpaired) electrons. The lowest BCUT2D eigenvalue weighted by Gasteiger charge is -2.12. The first kappa shape index (κ1) is 16.4. The molecule has 9 heteroatoms. The van der Waals surface area contributed by atoms with Gasteiger partial charge in [-0.15, -0.1) is 0 Å². The summed E-state index contributed by atoms with van der Waals surface area (Å²) in [4.78, 5) is 10.7. The Morgan fingerprint density at radius 1 is 1.04 bits per heavy atom. The van der Waals surface area contributed by atoms with Gasteiger partial charge >= 0.3 is 5.69 Å². The number of hydrogen-bond donors (Lipinski definition) is 2. The first-order chi connectivity index (χ1) is 10.8. The number of nitro groups is 1. The molecule has 2 aromatic carbocycles. The SMILES string of the molecule is N#Cc1c(N)c(C#N)c(-c2ccc(Cl)c(Cl)c2)c([N+](=O)[O-])c1N. The van der Waals surface area contributed by atoms with Crippen LogP contribution in [0, 0.1) is 32.8 Å². The van der Waals surface area contributed by atoms with Crippen LogP contribution in [-0.4, -0.2) is 4.92 Å². The molecule has 0 heterocycles. The van der Waals surface area contributed by atoms with E-state index in [0.29, 0.717) is 0 Å². The van der Waals surface area contributed by atoms with Crippen molar-refractivity contribution < 1.29 is 4.92 Å². The van der Waals surface area contributed by atoms with Gasteiger partial charge in [-0.2, -0.15) is 10.5 Å². The Balaban J connectivity index is 3.03. The largest absolute Gasteiger partial charge is 0.396 e. The number of nitrogen functional groups attached to an aromatic ring is 2. The van der Waals surface area contributed by atoms with E-state index in [0.717, 1.165) is 0 Å². The topological polar surface area (TPSA) is 143 Å². The summed E-state index contributed by atoms with van der Waals surface area (Å²) in [7, 11) is 0. The summed E-state index contributed by atoms with van der Waals surface area (Å²) in [6, 6.07) is 7.69. The number of nitriles is 2. The third-order valence-electron chi connectivity index (χ3n) is 3.16. The molecular weight excluding hydrogens is 341 g/mol. The normalized spacial score (nSPS) is 9.91. The molecule has 2 aromatic rings. The van der Waals surface area contributed by atoms with Gasteiger partial charge < -0.3 is 11.5 Å². The van der Waals surface area contributed by atoms with Crippen LogP contribution >= 0.6 is 23.2 Å². The fourth-order valence-electron chi connectivity index (χ4n) is 2.14. The Morgan fingerprint density at radius 2 is 1.65 bits per heavy atom. The number of anilines is 2. The molecule has 0 aliphatic carbocycles. The molecule has 2 rings (SSSR count). The molecule has 0 unspecified atom stereocenters. The number of nitrogens with zero attached hydrogens (tertiary/aromatic N) is 3. The van der Waals surface area contributed by atoms with Gasteiger partial charge in [0.25, 0.3) is 0 Å². The smallest absolute Gasteiger partial charge is 0.302 e. The lowest BCUT2D eigenvalue weighted by molar-refractivity contribution is -0.383. The second-order valence-corrected chi connectivity index (χ2v) is 5.22. The third kappa shape index (κ3) is 2.59. The monoisotopic (exact) mass is 347 g/mol. The highest BCUT2D eigenvalue weighted by molar-refractivity contribution is 6.42. The van der Waals surface area contributed by atoms with Crippen molar-refractivity contribution in [2.24, 2.45) is 0 Å². The average molecular weight is 348 g/mol. The number of benzene rings is 2. The molecule has 4 N–H and O–H groups in total. The van der Waals surface area contributed by atoms with E-state index in [2.05, 4.69) is 0 Å². The minimum Gasteiger partial charge on any atom is -0.396 e. The van der Waals surface area contributed by atoms with Gasteiger partial charge in [0.15, 0.2) is 0 Å². The summed E-state index contributed by atoms with van der Waals surface area (Å²) in [6.07, 6.45) is 0. The minimum absolute atomic E-state index is 0.106. The van der Waals surface area contributed by atoms with Gasteiger partial charge in [0.1, 0.15) is 23.4 Å². The average Bonchev–Trinajstić information content (AvgIpc) is 2.49. The third-order valence-corrected chi connectivity index (χ3v) is 3.90. The second kappa shape index (κ2) is 6.01. The van der Waals surface area contributed by atoms with Gasteiger partial charge in [0.05, 0.1) is 31.8 Å². The first-order valence-corrected chi connectivity index (χ1v) is 6.74. The zero-order valence-corrected chi connectivity index (χ0v) is 12.8. The molecule has 0 saturated heterocycles. The molecule has 23 heavy (non-hydrogen) atoms. The van der Waals surface area contributed by atoms with E-state index >= 15 is 0 Å². The first-order valence-electron chi connectivity index (χ1n) is 5.98. The summed E-state index contributed by atoms with van der Waals surface area (Å²) in [6.45, 7) is 0. The van der Waals surface area contributed by atoms with Crippen molar-refractivity contribution in [3.63, 3.8) is 0 Å². The maximum Gasteiger partial charge on any atom is 0.302 e. The lowest BCUT2D eigenvalue weighted by atomic mass is 9.93. The summed E-state index contributed by atoms with van der Waals surface area (Å²) in [5.41, 5.74) is 9.88. The molecule has 0 aliphatic rings. The van der Waals surface area contributed by atoms with Crippen LogP contribution in [-0.2, 0) is 0 Å². The predicted molar refractivity (Wildman–Crippen MR) is 86.8 cm³/mol. The molecule has 114 valence electrons. The Morgan fingerprint density at radius 3 is 2.13 bits per heavy atom. The number of halogens is 2. The maximum atomic E-state index is 11.4. The molecule has 0 amide bonds. The van der Waals surface area contributed by atoms with Crippen LogP contribution in [0.1, 0.15) is 11.1 Å². The molecular formula is C14H7Cl2N5O2. The zero-order chi connectivity index (χ0) is 17.3. The fourth-order valence-corrected chi connectivity index (χ4v) is 2.43. The van der Waals surface area contributed by atoms with Crippen LogP contribution in [0.5, 0.6) is 0 Å². The molecule has 0 aromatic heterocycles. The van der Waals surface area contributed by atoms with Gasteiger partial charge in [-0.05, 0) is 17.7 Å². The van der Waals surface area contributed by atoms with Crippen molar-refractivity contribution >= 4 is 40.3 Å². The number of nitro benzene ring substituents is 1. The Bertz CT molecular complexity index is 928. The van der Waals surface area contributed by atoms with Gasteiger partial charge in [0, 0.05) is 0 Å². The van der Waals surface area contributed by atoms with Crippen molar-refractivity contribution in [2.75, 3.05) is 11.5 Å². The van der Waals surface area contributed by atoms with Crippen molar-refractivity contribution in [3.8, 4) is 23.3 Å². The quantitative estimate of drug-likeness (QED) is 0.483. The molecule has 0 aliphatic heterocycles. The van der Waals surface area contributed by atoms with Gasteiger partial charge in [-0.1, -0.05) is 29.3 Å². The number of hydrogen-bond acceptors (Lipinski definition) is 6. The number of rotatable bonds is 2. The van der Waals surface area contributed by atoms with E-state index in [4.69, 9.17) is 39.9 Å². The van der Waals surface area contributed by atoms with Gasteiger partial charge in [-0.3, -0.25) is 10.1 Å². The molecule has 0 spiro atoms. The maximum absolute atomic E-state index is 11.4. The van der Waals surface area contributed by atoms with Crippen molar-refractivity contribution in [1.82, 2.24) is 0 Å². The van der Waals surface area contributed by atoms with E-state index in [1.165, 1.54) is 18.2 Å². The van der Waals surface area contributed by atoms with E-state index < -0.39 is 16.3 Å². The molecule has 0 bridgehead atoms. The lowest BCUT2D eigenvalue weighted by Crippen LogP contribution is -2.07. The highest BCUT2D eigenvalue weighted by atomic mass is 35.5. The highest BCUT2D eigenvalue weighted by Crippen LogP contribution is 2.44. The van der Waals surface area contributed by atoms with Crippen LogP contribution in [0.25, 0.3) is 11.1 Å². The standard InChI is InChI=1S/C14H7Cl2N5O2/c15-9-2-1-6(3-10(9)16)11-7(4-17)12(19)8(5-18)13(20)14(11)21(22)23/h1-3H,19-20H2. The van der Waals surface area contributed by atoms with E-state index in [-0.39, 0.29) is 38.0 Å². The molecule has 0 saturated carbocycles. The van der Waals surface area contributed by atoms with E-state index in [9.17, 15) is 15.4 Å². The van der Waals surface area contributed by atoms with Crippen LogP contribution in [0.15, 0.2) is 18.2 Å². The van der Waals surface area contributed by atoms with Crippen LogP contribution in [0.3, 0.4) is 0 Å². The van der Waals surface area contributed by atoms with Crippen molar-refractivity contribution in [3.05, 3.63) is 49.5 Å². The van der Waals surface area contributed by atoms with Crippen LogP contribution in [0.4, 0.5) is 17.1 Å². The summed E-state index contributed by atoms with van der Waals surface area (Å²) in [5, 5.41) is 30.2.